The van der Waals surface area contributed by atoms with Crippen LogP contribution in [0.2, 0.25) is 0 Å². The first-order valence-electron chi connectivity index (χ1n) is 10.5. The lowest BCUT2D eigenvalue weighted by atomic mass is 10.2. The molecule has 0 radical (unpaired) electrons. The maximum atomic E-state index is 15.0. The topological polar surface area (TPSA) is 97.3 Å². The van der Waals surface area contributed by atoms with Crippen molar-refractivity contribution in [1.82, 2.24) is 19.5 Å². The van der Waals surface area contributed by atoms with Crippen LogP contribution in [0.1, 0.15) is 41.7 Å². The fourth-order valence-electron chi connectivity index (χ4n) is 4.31. The van der Waals surface area contributed by atoms with E-state index in [1.54, 1.807) is 30.0 Å². The molecule has 8 nitrogen and oxygen atoms in total. The predicted molar refractivity (Wildman–Crippen MR) is 116 cm³/mol. The van der Waals surface area contributed by atoms with Crippen molar-refractivity contribution in [3.05, 3.63) is 59.7 Å². The molecule has 1 aliphatic heterocycles. The molecule has 0 amide bonds. The summed E-state index contributed by atoms with van der Waals surface area (Å²) in [5, 5.41) is 9.30. The molecule has 0 saturated carbocycles. The minimum absolute atomic E-state index is 0.00245. The van der Waals surface area contributed by atoms with Gasteiger partial charge in [-0.3, -0.25) is 0 Å². The fourth-order valence-corrected chi connectivity index (χ4v) is 4.31. The first-order valence-corrected chi connectivity index (χ1v) is 10.5. The highest BCUT2D eigenvalue weighted by atomic mass is 19.1. The van der Waals surface area contributed by atoms with Crippen molar-refractivity contribution in [2.75, 3.05) is 11.4 Å². The fraction of sp³-hybridized carbons (Fsp3) is 0.304. The summed E-state index contributed by atoms with van der Waals surface area (Å²) in [6.07, 6.45) is 5.55. The molecule has 1 N–H and O–H groups in total. The maximum Gasteiger partial charge on any atom is 0.338 e. The average molecular weight is 435 g/mol. The highest BCUT2D eigenvalue weighted by molar-refractivity contribution is 5.94. The molecule has 3 aromatic heterocycles. The van der Waals surface area contributed by atoms with E-state index in [9.17, 15) is 14.3 Å². The zero-order valence-electron chi connectivity index (χ0n) is 17.7. The van der Waals surface area contributed by atoms with E-state index in [2.05, 4.69) is 26.8 Å². The molecule has 1 aliphatic rings. The predicted octanol–water partition coefficient (Wildman–Crippen LogP) is 4.27. The van der Waals surface area contributed by atoms with Crippen molar-refractivity contribution in [3.63, 3.8) is 0 Å². The number of nitrogens with zero attached hydrogens (tertiary/aromatic N) is 5. The number of carboxylic acid groups (broad SMARTS) is 1. The second-order valence-corrected chi connectivity index (χ2v) is 8.07. The Bertz CT molecular complexity index is 1310. The summed E-state index contributed by atoms with van der Waals surface area (Å²) in [4.78, 5) is 27.1. The minimum atomic E-state index is -1.33. The maximum absolute atomic E-state index is 15.0. The lowest BCUT2D eigenvalue weighted by Gasteiger charge is -2.22. The number of hydrogen-bond donors (Lipinski definition) is 1. The van der Waals surface area contributed by atoms with Gasteiger partial charge < -0.3 is 19.0 Å². The van der Waals surface area contributed by atoms with Crippen LogP contribution >= 0.6 is 0 Å². The molecule has 1 unspecified atom stereocenters. The Balaban J connectivity index is 1.62. The van der Waals surface area contributed by atoms with Crippen LogP contribution in [0, 0.1) is 12.7 Å². The van der Waals surface area contributed by atoms with E-state index in [1.165, 1.54) is 6.07 Å². The molecule has 1 fully saturated rings. The largest absolute Gasteiger partial charge is 0.478 e. The Kier molecular flexibility index (Phi) is 4.88. The highest BCUT2D eigenvalue weighted by Crippen LogP contribution is 2.30. The molecular formula is C23H22FN5O3. The van der Waals surface area contributed by atoms with Crippen LogP contribution in [0.5, 0.6) is 0 Å². The number of carboxylic acids is 1. The van der Waals surface area contributed by atoms with Gasteiger partial charge >= 0.3 is 5.97 Å². The standard InChI is InChI=1S/C23H22FN5O3/c1-13-4-3-9-28(13)19-8-5-15(10-25-19)22-27-21-18(7-6-17(20(21)24)23(30)31)29(22)11-16-12-32-14(2)26-16/h5-8,10,12-13H,3-4,9,11H2,1-2H3,(H,30,31). The summed E-state index contributed by atoms with van der Waals surface area (Å²) in [5.74, 6) is -0.292. The van der Waals surface area contributed by atoms with Gasteiger partial charge in [-0.2, -0.15) is 0 Å². The molecule has 32 heavy (non-hydrogen) atoms. The Morgan fingerprint density at radius 1 is 1.28 bits per heavy atom. The number of rotatable bonds is 5. The first kappa shape index (κ1) is 20.2. The number of fused-ring (bicyclic) bond motifs is 1. The van der Waals surface area contributed by atoms with Crippen LogP contribution in [0.4, 0.5) is 10.2 Å². The Morgan fingerprint density at radius 2 is 2.12 bits per heavy atom. The van der Waals surface area contributed by atoms with Gasteiger partial charge in [-0.1, -0.05) is 0 Å². The first-order chi connectivity index (χ1) is 15.4. The molecule has 0 aliphatic carbocycles. The number of oxazole rings is 1. The minimum Gasteiger partial charge on any atom is -0.478 e. The summed E-state index contributed by atoms with van der Waals surface area (Å²) < 4.78 is 22.1. The highest BCUT2D eigenvalue weighted by Gasteiger charge is 2.23. The quantitative estimate of drug-likeness (QED) is 0.500. The third-order valence-electron chi connectivity index (χ3n) is 5.93. The summed E-state index contributed by atoms with van der Waals surface area (Å²) in [7, 11) is 0. The number of imidazole rings is 1. The smallest absolute Gasteiger partial charge is 0.338 e. The molecule has 1 saturated heterocycles. The molecule has 4 aromatic rings. The van der Waals surface area contributed by atoms with Gasteiger partial charge in [0.2, 0.25) is 0 Å². The lowest BCUT2D eigenvalue weighted by Crippen LogP contribution is -2.26. The van der Waals surface area contributed by atoms with Crippen LogP contribution in [0.25, 0.3) is 22.4 Å². The van der Waals surface area contributed by atoms with E-state index < -0.39 is 17.3 Å². The SMILES string of the molecule is Cc1nc(Cn2c(-c3ccc(N4CCCC4C)nc3)nc3c(F)c(C(=O)O)ccc32)co1. The molecule has 164 valence electrons. The van der Waals surface area contributed by atoms with E-state index in [1.807, 2.05) is 12.1 Å². The van der Waals surface area contributed by atoms with Crippen molar-refractivity contribution in [2.24, 2.45) is 0 Å². The Morgan fingerprint density at radius 3 is 2.75 bits per heavy atom. The molecule has 1 atom stereocenters. The van der Waals surface area contributed by atoms with Crippen LogP contribution in [0.3, 0.4) is 0 Å². The number of aromatic carboxylic acids is 1. The molecule has 9 heteroatoms. The van der Waals surface area contributed by atoms with Gasteiger partial charge in [-0.15, -0.1) is 0 Å². The van der Waals surface area contributed by atoms with Gasteiger partial charge in [0.15, 0.2) is 11.7 Å². The molecule has 0 spiro atoms. The number of hydrogen-bond acceptors (Lipinski definition) is 6. The van der Waals surface area contributed by atoms with Crippen LogP contribution < -0.4 is 4.90 Å². The van der Waals surface area contributed by atoms with Crippen molar-refractivity contribution in [1.29, 1.82) is 0 Å². The van der Waals surface area contributed by atoms with Crippen molar-refractivity contribution >= 4 is 22.8 Å². The molecule has 1 aromatic carbocycles. The Labute approximate surface area is 183 Å². The number of aromatic nitrogens is 4. The summed E-state index contributed by atoms with van der Waals surface area (Å²) in [6.45, 7) is 5.20. The van der Waals surface area contributed by atoms with Crippen LogP contribution in [-0.4, -0.2) is 43.2 Å². The number of anilines is 1. The van der Waals surface area contributed by atoms with Crippen molar-refractivity contribution < 1.29 is 18.7 Å². The van der Waals surface area contributed by atoms with E-state index in [4.69, 9.17) is 4.42 Å². The number of benzene rings is 1. The summed E-state index contributed by atoms with van der Waals surface area (Å²) in [5.41, 5.74) is 1.41. The van der Waals surface area contributed by atoms with Crippen molar-refractivity contribution in [2.45, 2.75) is 39.3 Å². The number of aryl methyl sites for hydroxylation is 1. The molecule has 4 heterocycles. The molecular weight excluding hydrogens is 413 g/mol. The van der Waals surface area contributed by atoms with Crippen LogP contribution in [0.15, 0.2) is 41.1 Å². The van der Waals surface area contributed by atoms with Gasteiger partial charge in [-0.05, 0) is 44.0 Å². The average Bonchev–Trinajstić information content (AvgIpc) is 3.48. The van der Waals surface area contributed by atoms with E-state index in [0.717, 1.165) is 25.2 Å². The Hall–Kier alpha value is -3.75. The monoisotopic (exact) mass is 435 g/mol. The number of carbonyl (C=O) groups is 1. The van der Waals surface area contributed by atoms with Crippen LogP contribution in [-0.2, 0) is 6.54 Å². The number of pyridine rings is 1. The third-order valence-corrected chi connectivity index (χ3v) is 5.93. The summed E-state index contributed by atoms with van der Waals surface area (Å²) >= 11 is 0. The zero-order valence-corrected chi connectivity index (χ0v) is 17.7. The summed E-state index contributed by atoms with van der Waals surface area (Å²) in [6, 6.07) is 7.12. The number of halogens is 1. The molecule has 0 bridgehead atoms. The second kappa shape index (κ2) is 7.74. The normalized spacial score (nSPS) is 16.2. The second-order valence-electron chi connectivity index (χ2n) is 8.07. The van der Waals surface area contributed by atoms with E-state index >= 15 is 0 Å². The van der Waals surface area contributed by atoms with E-state index in [-0.39, 0.29) is 5.52 Å². The van der Waals surface area contributed by atoms with E-state index in [0.29, 0.717) is 41.1 Å². The van der Waals surface area contributed by atoms with Crippen molar-refractivity contribution in [3.8, 4) is 11.4 Å². The van der Waals surface area contributed by atoms with Gasteiger partial charge in [0.05, 0.1) is 23.3 Å². The van der Waals surface area contributed by atoms with Gasteiger partial charge in [0, 0.05) is 31.3 Å². The van der Waals surface area contributed by atoms with Gasteiger partial charge in [0.1, 0.15) is 23.4 Å². The third kappa shape index (κ3) is 3.39. The molecule has 5 rings (SSSR count). The van der Waals surface area contributed by atoms with Gasteiger partial charge in [0.25, 0.3) is 0 Å². The van der Waals surface area contributed by atoms with Gasteiger partial charge in [-0.25, -0.2) is 24.1 Å². The lowest BCUT2D eigenvalue weighted by molar-refractivity contribution is 0.0692. The zero-order chi connectivity index (χ0) is 22.4.